The minimum absolute atomic E-state index is 0.149. The predicted molar refractivity (Wildman–Crippen MR) is 141 cm³/mol. The van der Waals surface area contributed by atoms with Gasteiger partial charge in [0.2, 0.25) is 5.91 Å². The molecule has 3 aliphatic rings. The molecule has 1 amide bonds. The molecule has 1 saturated heterocycles. The number of alkyl halides is 3. The molecule has 2 aromatic carbocycles. The van der Waals surface area contributed by atoms with E-state index in [0.29, 0.717) is 31.4 Å². The Balaban J connectivity index is 1.34. The van der Waals surface area contributed by atoms with Crippen LogP contribution in [0.2, 0.25) is 0 Å². The minimum atomic E-state index is -4.79. The van der Waals surface area contributed by atoms with E-state index >= 15 is 0 Å². The van der Waals surface area contributed by atoms with Crippen LogP contribution in [0.1, 0.15) is 49.7 Å². The zero-order valence-corrected chi connectivity index (χ0v) is 22.0. The lowest BCUT2D eigenvalue weighted by molar-refractivity contribution is -0.274. The first-order chi connectivity index (χ1) is 18.5. The number of likely N-dealkylation sites (N-methyl/N-ethyl adjacent to an activating group) is 1. The largest absolute Gasteiger partial charge is 0.573 e. The summed E-state index contributed by atoms with van der Waals surface area (Å²) >= 11 is 0. The number of rotatable bonds is 7. The molecular formula is C30H35F3N2O4. The lowest BCUT2D eigenvalue weighted by Crippen LogP contribution is -2.67. The smallest absolute Gasteiger partial charge is 0.508 e. The van der Waals surface area contributed by atoms with Gasteiger partial charge in [0.1, 0.15) is 11.5 Å². The van der Waals surface area contributed by atoms with Gasteiger partial charge in [-0.25, -0.2) is 0 Å². The van der Waals surface area contributed by atoms with Crippen LogP contribution in [0.5, 0.6) is 11.5 Å². The highest BCUT2D eigenvalue weighted by Gasteiger charge is 2.58. The molecule has 9 heteroatoms. The Morgan fingerprint density at radius 2 is 1.92 bits per heavy atom. The van der Waals surface area contributed by atoms with Gasteiger partial charge >= 0.3 is 6.36 Å². The van der Waals surface area contributed by atoms with E-state index in [1.807, 2.05) is 6.07 Å². The fourth-order valence-corrected chi connectivity index (χ4v) is 6.47. The van der Waals surface area contributed by atoms with E-state index in [1.165, 1.54) is 43.2 Å². The topological polar surface area (TPSA) is 73.2 Å². The number of piperidine rings is 1. The van der Waals surface area contributed by atoms with Gasteiger partial charge in [-0.2, -0.15) is 0 Å². The van der Waals surface area contributed by atoms with Crippen molar-refractivity contribution in [2.45, 2.75) is 61.9 Å². The number of amides is 1. The van der Waals surface area contributed by atoms with E-state index in [9.17, 15) is 28.2 Å². The van der Waals surface area contributed by atoms with Gasteiger partial charge < -0.3 is 24.7 Å². The molecule has 2 aromatic rings. The summed E-state index contributed by atoms with van der Waals surface area (Å²) in [6.07, 6.45) is 2.95. The van der Waals surface area contributed by atoms with Crippen LogP contribution in [0.4, 0.5) is 13.2 Å². The Morgan fingerprint density at radius 3 is 2.64 bits per heavy atom. The van der Waals surface area contributed by atoms with Gasteiger partial charge in [-0.15, -0.1) is 13.2 Å². The maximum absolute atomic E-state index is 13.2. The molecule has 0 spiro atoms. The zero-order valence-electron chi connectivity index (χ0n) is 22.0. The number of likely N-dealkylation sites (tertiary alicyclic amines) is 1. The van der Waals surface area contributed by atoms with Crippen molar-refractivity contribution in [3.05, 3.63) is 65.7 Å². The fraction of sp³-hybridized carbons (Fsp3) is 0.500. The van der Waals surface area contributed by atoms with Crippen molar-refractivity contribution in [2.75, 3.05) is 26.7 Å². The van der Waals surface area contributed by atoms with Crippen LogP contribution in [0.15, 0.2) is 54.6 Å². The second kappa shape index (κ2) is 10.5. The molecule has 39 heavy (non-hydrogen) atoms. The molecule has 210 valence electrons. The van der Waals surface area contributed by atoms with Gasteiger partial charge in [0.15, 0.2) is 0 Å². The third-order valence-corrected chi connectivity index (χ3v) is 8.72. The third-order valence-electron chi connectivity index (χ3n) is 8.72. The molecular weight excluding hydrogens is 509 g/mol. The van der Waals surface area contributed by atoms with E-state index in [4.69, 9.17) is 0 Å². The van der Waals surface area contributed by atoms with Crippen LogP contribution in [-0.2, 0) is 10.2 Å². The van der Waals surface area contributed by atoms with Crippen LogP contribution in [0, 0.1) is 5.92 Å². The summed E-state index contributed by atoms with van der Waals surface area (Å²) < 4.78 is 41.7. The molecule has 2 saturated carbocycles. The Morgan fingerprint density at radius 1 is 1.15 bits per heavy atom. The molecule has 0 aromatic heterocycles. The molecule has 2 aliphatic carbocycles. The maximum Gasteiger partial charge on any atom is 0.573 e. The second-order valence-electron chi connectivity index (χ2n) is 11.4. The van der Waals surface area contributed by atoms with E-state index in [1.54, 1.807) is 36.2 Å². The quantitative estimate of drug-likeness (QED) is 0.475. The Bertz CT molecular complexity index is 1230. The maximum atomic E-state index is 13.2. The van der Waals surface area contributed by atoms with E-state index in [0.717, 1.165) is 31.0 Å². The standard InChI is InChI=1S/C30H35F3N2O4/c1-34(27(37)11-10-21-4-2-7-26(16-21)39-30(31,32)33)24-12-13-29(38)20-35(19-22-8-9-22)15-14-28(29,18-24)23-5-3-6-25(36)17-23/h2-7,10-11,16-17,22,24,36,38H,8-9,12-15,18-20H2,1H3/b11-10+. The normalized spacial score (nSPS) is 27.8. The Hall–Kier alpha value is -3.04. The number of ether oxygens (including phenoxy) is 1. The van der Waals surface area contributed by atoms with E-state index < -0.39 is 17.4 Å². The summed E-state index contributed by atoms with van der Waals surface area (Å²) in [4.78, 5) is 17.2. The molecule has 1 heterocycles. The average molecular weight is 545 g/mol. The number of phenolic OH excluding ortho intramolecular Hbond substituents is 1. The highest BCUT2D eigenvalue weighted by atomic mass is 19.4. The first-order valence-electron chi connectivity index (χ1n) is 13.5. The van der Waals surface area contributed by atoms with E-state index in [-0.39, 0.29) is 23.4 Å². The lowest BCUT2D eigenvalue weighted by atomic mass is 9.55. The van der Waals surface area contributed by atoms with Crippen LogP contribution in [0.25, 0.3) is 6.08 Å². The summed E-state index contributed by atoms with van der Waals surface area (Å²) in [6.45, 7) is 2.41. The summed E-state index contributed by atoms with van der Waals surface area (Å²) in [5.41, 5.74) is -0.298. The molecule has 0 radical (unpaired) electrons. The van der Waals surface area contributed by atoms with Crippen LogP contribution in [-0.4, -0.2) is 70.6 Å². The number of β-amino-alcohol motifs (C(OH)–C–C–N with tert-alkyl or cyclic N) is 1. The third kappa shape index (κ3) is 6.09. The number of fused-ring (bicyclic) bond motifs is 1. The van der Waals surface area contributed by atoms with Crippen molar-refractivity contribution < 1.29 is 32.9 Å². The summed E-state index contributed by atoms with van der Waals surface area (Å²) in [5, 5.41) is 22.4. The number of aromatic hydroxyl groups is 1. The number of halogens is 3. The Kier molecular flexibility index (Phi) is 7.41. The van der Waals surface area contributed by atoms with Gasteiger partial charge in [0.05, 0.1) is 5.60 Å². The minimum Gasteiger partial charge on any atom is -0.508 e. The Labute approximate surface area is 226 Å². The lowest BCUT2D eigenvalue weighted by Gasteiger charge is -2.59. The first kappa shape index (κ1) is 27.5. The van der Waals surface area contributed by atoms with Crippen molar-refractivity contribution >= 4 is 12.0 Å². The number of aliphatic hydroxyl groups is 1. The van der Waals surface area contributed by atoms with Crippen LogP contribution in [0.3, 0.4) is 0 Å². The molecule has 3 fully saturated rings. The molecule has 2 N–H and O–H groups in total. The summed E-state index contributed by atoms with van der Waals surface area (Å²) in [7, 11) is 1.73. The summed E-state index contributed by atoms with van der Waals surface area (Å²) in [6, 6.07) is 12.4. The van der Waals surface area contributed by atoms with Crippen LogP contribution >= 0.6 is 0 Å². The summed E-state index contributed by atoms with van der Waals surface area (Å²) in [5.74, 6) is 0.244. The predicted octanol–water partition coefficient (Wildman–Crippen LogP) is 5.10. The number of hydrogen-bond donors (Lipinski definition) is 2. The second-order valence-corrected chi connectivity index (χ2v) is 11.4. The molecule has 3 unspecified atom stereocenters. The molecule has 5 rings (SSSR count). The zero-order chi connectivity index (χ0) is 27.8. The van der Waals surface area contributed by atoms with Gasteiger partial charge in [0, 0.05) is 37.7 Å². The molecule has 0 bridgehead atoms. The number of phenols is 1. The average Bonchev–Trinajstić information content (AvgIpc) is 3.69. The van der Waals surface area contributed by atoms with Gasteiger partial charge in [-0.3, -0.25) is 4.79 Å². The van der Waals surface area contributed by atoms with Gasteiger partial charge in [-0.05, 0) is 92.5 Å². The molecule has 1 aliphatic heterocycles. The molecule has 6 nitrogen and oxygen atoms in total. The van der Waals surface area contributed by atoms with Crippen molar-refractivity contribution in [1.29, 1.82) is 0 Å². The van der Waals surface area contributed by atoms with Gasteiger partial charge in [0.25, 0.3) is 0 Å². The first-order valence-corrected chi connectivity index (χ1v) is 13.5. The van der Waals surface area contributed by atoms with E-state index in [2.05, 4.69) is 9.64 Å². The highest BCUT2D eigenvalue weighted by Crippen LogP contribution is 2.53. The number of carbonyl (C=O) groups is 1. The number of carbonyl (C=O) groups excluding carboxylic acids is 1. The highest BCUT2D eigenvalue weighted by molar-refractivity contribution is 5.91. The van der Waals surface area contributed by atoms with Crippen LogP contribution < -0.4 is 4.74 Å². The molecule has 3 atom stereocenters. The fourth-order valence-electron chi connectivity index (χ4n) is 6.47. The number of benzene rings is 2. The van der Waals surface area contributed by atoms with Crippen molar-refractivity contribution in [1.82, 2.24) is 9.80 Å². The van der Waals surface area contributed by atoms with Crippen molar-refractivity contribution in [3.63, 3.8) is 0 Å². The monoisotopic (exact) mass is 544 g/mol. The van der Waals surface area contributed by atoms with Crippen molar-refractivity contribution in [2.24, 2.45) is 5.92 Å². The van der Waals surface area contributed by atoms with Crippen molar-refractivity contribution in [3.8, 4) is 11.5 Å². The number of hydrogen-bond acceptors (Lipinski definition) is 5. The number of nitrogens with zero attached hydrogens (tertiary/aromatic N) is 2. The van der Waals surface area contributed by atoms with Gasteiger partial charge in [-0.1, -0.05) is 24.3 Å². The SMILES string of the molecule is CN(C(=O)/C=C/c1cccc(OC(F)(F)F)c1)C1CCC2(O)CN(CC3CC3)CCC2(c2cccc(O)c2)C1.